The molecule has 2 aromatic rings. The van der Waals surface area contributed by atoms with E-state index in [0.717, 1.165) is 25.9 Å². The van der Waals surface area contributed by atoms with E-state index in [1.54, 1.807) is 0 Å². The Balaban J connectivity index is 2.00. The molecule has 136 valence electrons. The van der Waals surface area contributed by atoms with Crippen molar-refractivity contribution in [1.29, 1.82) is 0 Å². The summed E-state index contributed by atoms with van der Waals surface area (Å²) in [5, 5.41) is 0. The lowest BCUT2D eigenvalue weighted by Crippen LogP contribution is -2.46. The summed E-state index contributed by atoms with van der Waals surface area (Å²) >= 11 is 0. The molecule has 0 aromatic heterocycles. The zero-order chi connectivity index (χ0) is 18.3. The first-order chi connectivity index (χ1) is 11.8. The molecule has 2 aromatic carbocycles. The SMILES string of the molecule is CC(C)CCN(CC(C)(C)N)c1ccc(CCc2ccccc2)cc1. The van der Waals surface area contributed by atoms with Crippen molar-refractivity contribution in [3.63, 3.8) is 0 Å². The van der Waals surface area contributed by atoms with Crippen LogP contribution in [0.1, 0.15) is 45.2 Å². The molecule has 0 unspecified atom stereocenters. The van der Waals surface area contributed by atoms with Crippen molar-refractivity contribution in [3.8, 4) is 0 Å². The first-order valence-electron chi connectivity index (χ1n) is 9.50. The molecular formula is C23H34N2. The molecule has 0 spiro atoms. The number of hydrogen-bond acceptors (Lipinski definition) is 2. The molecule has 0 fully saturated rings. The number of benzene rings is 2. The largest absolute Gasteiger partial charge is 0.370 e. The van der Waals surface area contributed by atoms with E-state index in [-0.39, 0.29) is 5.54 Å². The van der Waals surface area contributed by atoms with Gasteiger partial charge in [0, 0.05) is 24.3 Å². The van der Waals surface area contributed by atoms with E-state index in [9.17, 15) is 0 Å². The van der Waals surface area contributed by atoms with Crippen molar-refractivity contribution in [2.45, 2.75) is 52.5 Å². The molecule has 25 heavy (non-hydrogen) atoms. The molecule has 2 rings (SSSR count). The van der Waals surface area contributed by atoms with Crippen molar-refractivity contribution in [2.75, 3.05) is 18.0 Å². The van der Waals surface area contributed by atoms with Gasteiger partial charge in [-0.1, -0.05) is 56.3 Å². The third-order valence-corrected chi connectivity index (χ3v) is 4.42. The van der Waals surface area contributed by atoms with Crippen LogP contribution in [0.4, 0.5) is 5.69 Å². The Labute approximate surface area is 154 Å². The van der Waals surface area contributed by atoms with Gasteiger partial charge in [0.2, 0.25) is 0 Å². The van der Waals surface area contributed by atoms with Crippen molar-refractivity contribution in [3.05, 3.63) is 65.7 Å². The fourth-order valence-corrected chi connectivity index (χ4v) is 3.01. The zero-order valence-corrected chi connectivity index (χ0v) is 16.3. The highest BCUT2D eigenvalue weighted by Gasteiger charge is 2.17. The maximum absolute atomic E-state index is 6.28. The lowest BCUT2D eigenvalue weighted by molar-refractivity contribution is 0.485. The van der Waals surface area contributed by atoms with Gasteiger partial charge in [0.25, 0.3) is 0 Å². The Morgan fingerprint density at radius 1 is 0.880 bits per heavy atom. The Hall–Kier alpha value is -1.80. The smallest absolute Gasteiger partial charge is 0.0367 e. The highest BCUT2D eigenvalue weighted by Crippen LogP contribution is 2.20. The molecule has 0 atom stereocenters. The van der Waals surface area contributed by atoms with Gasteiger partial charge in [-0.3, -0.25) is 0 Å². The quantitative estimate of drug-likeness (QED) is 0.692. The van der Waals surface area contributed by atoms with Gasteiger partial charge in [-0.05, 0) is 62.3 Å². The van der Waals surface area contributed by atoms with E-state index in [1.165, 1.54) is 23.2 Å². The summed E-state index contributed by atoms with van der Waals surface area (Å²) in [5.41, 5.74) is 10.2. The standard InChI is InChI=1S/C23H34N2/c1-19(2)16-17-25(18-23(3,4)24)22-14-12-21(13-15-22)11-10-20-8-6-5-7-9-20/h5-9,12-15,19H,10-11,16-18,24H2,1-4H3. The maximum Gasteiger partial charge on any atom is 0.0367 e. The fourth-order valence-electron chi connectivity index (χ4n) is 3.01. The molecule has 0 bridgehead atoms. The molecule has 2 nitrogen and oxygen atoms in total. The van der Waals surface area contributed by atoms with Gasteiger partial charge >= 0.3 is 0 Å². The Kier molecular flexibility index (Phi) is 7.07. The summed E-state index contributed by atoms with van der Waals surface area (Å²) in [6, 6.07) is 19.7. The lowest BCUT2D eigenvalue weighted by Gasteiger charge is -2.32. The van der Waals surface area contributed by atoms with Crippen LogP contribution in [0, 0.1) is 5.92 Å². The maximum atomic E-state index is 6.28. The number of nitrogens with zero attached hydrogens (tertiary/aromatic N) is 1. The molecule has 0 saturated heterocycles. The number of aryl methyl sites for hydroxylation is 2. The van der Waals surface area contributed by atoms with E-state index >= 15 is 0 Å². The van der Waals surface area contributed by atoms with E-state index < -0.39 is 0 Å². The van der Waals surface area contributed by atoms with Crippen LogP contribution in [-0.2, 0) is 12.8 Å². The van der Waals surface area contributed by atoms with E-state index in [2.05, 4.69) is 87.2 Å². The second-order valence-electron chi connectivity index (χ2n) is 8.24. The number of hydrogen-bond donors (Lipinski definition) is 1. The first-order valence-corrected chi connectivity index (χ1v) is 9.50. The van der Waals surface area contributed by atoms with Crippen LogP contribution in [0.5, 0.6) is 0 Å². The number of nitrogens with two attached hydrogens (primary N) is 1. The Morgan fingerprint density at radius 3 is 1.96 bits per heavy atom. The third-order valence-electron chi connectivity index (χ3n) is 4.42. The minimum atomic E-state index is -0.192. The summed E-state index contributed by atoms with van der Waals surface area (Å²) < 4.78 is 0. The van der Waals surface area contributed by atoms with Crippen molar-refractivity contribution in [2.24, 2.45) is 11.7 Å². The van der Waals surface area contributed by atoms with Crippen LogP contribution in [-0.4, -0.2) is 18.6 Å². The number of anilines is 1. The predicted octanol–water partition coefficient (Wildman–Crippen LogP) is 5.06. The Morgan fingerprint density at radius 2 is 1.44 bits per heavy atom. The average molecular weight is 339 g/mol. The van der Waals surface area contributed by atoms with Crippen molar-refractivity contribution < 1.29 is 0 Å². The highest BCUT2D eigenvalue weighted by molar-refractivity contribution is 5.48. The third kappa shape index (κ3) is 7.31. The van der Waals surface area contributed by atoms with Crippen LogP contribution >= 0.6 is 0 Å². The average Bonchev–Trinajstić information content (AvgIpc) is 2.57. The van der Waals surface area contributed by atoms with Crippen molar-refractivity contribution >= 4 is 5.69 Å². The number of rotatable bonds is 9. The second kappa shape index (κ2) is 9.05. The van der Waals surface area contributed by atoms with Gasteiger partial charge in [-0.15, -0.1) is 0 Å². The molecule has 0 amide bonds. The van der Waals surface area contributed by atoms with Gasteiger partial charge in [0.1, 0.15) is 0 Å². The monoisotopic (exact) mass is 338 g/mol. The molecule has 0 aliphatic carbocycles. The second-order valence-corrected chi connectivity index (χ2v) is 8.24. The minimum absolute atomic E-state index is 0.192. The first kappa shape index (κ1) is 19.5. The summed E-state index contributed by atoms with van der Waals surface area (Å²) in [7, 11) is 0. The Bertz CT molecular complexity index is 609. The highest BCUT2D eigenvalue weighted by atomic mass is 15.1. The topological polar surface area (TPSA) is 29.3 Å². The molecular weight excluding hydrogens is 304 g/mol. The molecule has 0 saturated carbocycles. The summed E-state index contributed by atoms with van der Waals surface area (Å²) in [4.78, 5) is 2.43. The summed E-state index contributed by atoms with van der Waals surface area (Å²) in [6.07, 6.45) is 3.36. The summed E-state index contributed by atoms with van der Waals surface area (Å²) in [5.74, 6) is 0.702. The molecule has 0 heterocycles. The molecule has 0 radical (unpaired) electrons. The molecule has 2 N–H and O–H groups in total. The van der Waals surface area contributed by atoms with Crippen LogP contribution < -0.4 is 10.6 Å². The zero-order valence-electron chi connectivity index (χ0n) is 16.3. The van der Waals surface area contributed by atoms with Crippen LogP contribution in [0.3, 0.4) is 0 Å². The van der Waals surface area contributed by atoms with E-state index in [1.807, 2.05) is 0 Å². The summed E-state index contributed by atoms with van der Waals surface area (Å²) in [6.45, 7) is 10.7. The van der Waals surface area contributed by atoms with Crippen LogP contribution in [0.2, 0.25) is 0 Å². The molecule has 0 aliphatic heterocycles. The normalized spacial score (nSPS) is 11.8. The predicted molar refractivity (Wildman–Crippen MR) is 110 cm³/mol. The van der Waals surface area contributed by atoms with Gasteiger partial charge in [0.05, 0.1) is 0 Å². The van der Waals surface area contributed by atoms with E-state index in [0.29, 0.717) is 5.92 Å². The van der Waals surface area contributed by atoms with Crippen LogP contribution in [0.25, 0.3) is 0 Å². The fraction of sp³-hybridized carbons (Fsp3) is 0.478. The molecule has 0 aliphatic rings. The van der Waals surface area contributed by atoms with E-state index in [4.69, 9.17) is 5.73 Å². The van der Waals surface area contributed by atoms with Crippen molar-refractivity contribution in [1.82, 2.24) is 0 Å². The lowest BCUT2D eigenvalue weighted by atomic mass is 10.0. The molecule has 2 heteroatoms. The van der Waals surface area contributed by atoms with Gasteiger partial charge < -0.3 is 10.6 Å². The van der Waals surface area contributed by atoms with Gasteiger partial charge in [-0.25, -0.2) is 0 Å². The van der Waals surface area contributed by atoms with Gasteiger partial charge in [0.15, 0.2) is 0 Å². The van der Waals surface area contributed by atoms with Gasteiger partial charge in [-0.2, -0.15) is 0 Å². The minimum Gasteiger partial charge on any atom is -0.370 e. The van der Waals surface area contributed by atoms with Crippen LogP contribution in [0.15, 0.2) is 54.6 Å².